The summed E-state index contributed by atoms with van der Waals surface area (Å²) in [6.07, 6.45) is 4.29. The zero-order chi connectivity index (χ0) is 51.0. The normalized spacial score (nSPS) is 19.7. The van der Waals surface area contributed by atoms with E-state index in [1.807, 2.05) is 0 Å². The van der Waals surface area contributed by atoms with Crippen molar-refractivity contribution in [1.29, 1.82) is 0 Å². The molecule has 4 aliphatic rings. The SMILES string of the molecule is [2H]c1c([2H])c([2H])c(-c2cc3c4c(c2)N(c2ccc(C(C)(C)C)cc2)c2c(oc5cc6c(cc25)C(C)(C)CCC6(C)C)B4c2cc4c(cc2N3c2ccc(C(C)(C)C)cc2)C(C)(C)CCC4(C)C)c([2H])c1[2H]. The summed E-state index contributed by atoms with van der Waals surface area (Å²) < 4.78 is 52.9. The van der Waals surface area contributed by atoms with Crippen LogP contribution in [0.25, 0.3) is 22.1 Å². The van der Waals surface area contributed by atoms with Gasteiger partial charge in [-0.3, -0.25) is 0 Å². The Morgan fingerprint density at radius 3 is 1.48 bits per heavy atom. The van der Waals surface area contributed by atoms with E-state index >= 15 is 0 Å². The molecule has 3 heterocycles. The number of nitrogens with zero attached hydrogens (tertiary/aromatic N) is 2. The fraction of sp³-hybridized carbons (Fsp3) is 0.387. The van der Waals surface area contributed by atoms with E-state index in [1.54, 1.807) is 0 Å². The summed E-state index contributed by atoms with van der Waals surface area (Å²) in [6.45, 7) is 32.2. The highest BCUT2D eigenvalue weighted by Crippen LogP contribution is 2.54. The Kier molecular flexibility index (Phi) is 8.00. The number of hydrogen-bond acceptors (Lipinski definition) is 3. The van der Waals surface area contributed by atoms with Crippen LogP contribution < -0.4 is 26.4 Å². The molecule has 4 heteroatoms. The van der Waals surface area contributed by atoms with Crippen LogP contribution in [0.4, 0.5) is 34.1 Å². The summed E-state index contributed by atoms with van der Waals surface area (Å²) in [6, 6.07) is 30.2. The lowest BCUT2D eigenvalue weighted by atomic mass is 9.35. The van der Waals surface area contributed by atoms with Crippen molar-refractivity contribution in [2.24, 2.45) is 0 Å². The first kappa shape index (κ1) is 37.6. The van der Waals surface area contributed by atoms with Crippen LogP contribution in [0, 0.1) is 0 Å². The molecule has 0 N–H and O–H groups in total. The van der Waals surface area contributed by atoms with Crippen molar-refractivity contribution in [1.82, 2.24) is 0 Å². The van der Waals surface area contributed by atoms with Gasteiger partial charge in [0.25, 0.3) is 6.71 Å². The molecule has 11 rings (SSSR count). The molecule has 6 aromatic carbocycles. The molecule has 0 unspecified atom stereocenters. The van der Waals surface area contributed by atoms with E-state index in [1.165, 1.54) is 38.8 Å². The third-order valence-electron chi connectivity index (χ3n) is 16.4. The Balaban J connectivity index is 1.33. The average molecular weight is 874 g/mol. The van der Waals surface area contributed by atoms with Gasteiger partial charge in [0.05, 0.1) is 18.2 Å². The van der Waals surface area contributed by atoms with Gasteiger partial charge in [-0.1, -0.05) is 157 Å². The summed E-state index contributed by atoms with van der Waals surface area (Å²) >= 11 is 0. The van der Waals surface area contributed by atoms with Crippen LogP contribution in [0.5, 0.6) is 0 Å². The molecular weight excluding hydrogens is 800 g/mol. The Bertz CT molecular complexity index is 3370. The van der Waals surface area contributed by atoms with Gasteiger partial charge in [0.1, 0.15) is 5.58 Å². The monoisotopic (exact) mass is 874 g/mol. The molecule has 0 bridgehead atoms. The minimum absolute atomic E-state index is 0.0400. The Morgan fingerprint density at radius 2 is 0.970 bits per heavy atom. The third-order valence-corrected chi connectivity index (χ3v) is 16.4. The van der Waals surface area contributed by atoms with Crippen molar-refractivity contribution in [2.75, 3.05) is 9.80 Å². The molecule has 0 saturated carbocycles. The van der Waals surface area contributed by atoms with Gasteiger partial charge in [0, 0.05) is 33.8 Å². The van der Waals surface area contributed by atoms with Gasteiger partial charge in [0.2, 0.25) is 0 Å². The maximum absolute atomic E-state index is 9.43. The highest BCUT2D eigenvalue weighted by Gasteiger charge is 2.50. The van der Waals surface area contributed by atoms with Crippen molar-refractivity contribution < 1.29 is 11.3 Å². The van der Waals surface area contributed by atoms with Crippen LogP contribution in [0.3, 0.4) is 0 Å². The average Bonchev–Trinajstić information content (AvgIpc) is 3.68. The van der Waals surface area contributed by atoms with Gasteiger partial charge in [0.15, 0.2) is 0 Å². The predicted octanol–water partition coefficient (Wildman–Crippen LogP) is 15.5. The number of furan rings is 1. The fourth-order valence-corrected chi connectivity index (χ4v) is 11.9. The van der Waals surface area contributed by atoms with E-state index in [4.69, 9.17) is 8.53 Å². The molecule has 0 radical (unpaired) electrons. The summed E-state index contributed by atoms with van der Waals surface area (Å²) in [7, 11) is 0. The first-order valence-electron chi connectivity index (χ1n) is 26.9. The first-order valence-corrected chi connectivity index (χ1v) is 24.4. The first-order chi connectivity index (χ1) is 33.0. The Hall–Kier alpha value is -5.48. The smallest absolute Gasteiger partial charge is 0.297 e. The van der Waals surface area contributed by atoms with Gasteiger partial charge in [-0.2, -0.15) is 0 Å². The minimum Gasteiger partial charge on any atom is -0.468 e. The van der Waals surface area contributed by atoms with Gasteiger partial charge in [-0.15, -0.1) is 0 Å². The minimum atomic E-state index is -0.405. The van der Waals surface area contributed by atoms with E-state index in [0.29, 0.717) is 5.56 Å². The third kappa shape index (κ3) is 6.51. The van der Waals surface area contributed by atoms with Crippen molar-refractivity contribution in [3.05, 3.63) is 149 Å². The number of rotatable bonds is 3. The topological polar surface area (TPSA) is 19.6 Å². The number of anilines is 6. The fourth-order valence-electron chi connectivity index (χ4n) is 11.9. The predicted molar refractivity (Wildman–Crippen MR) is 284 cm³/mol. The standard InChI is InChI=1S/C62H69BN2O/c1-57(2,3)40-20-24-42(25-21-40)64-50-36-47-46(60(9,10)29-30-61(47,11)12)35-49(50)63-54-51(64)32-39(38-18-16-15-17-19-38)33-52(54)65(43-26-22-41(23-27-43)58(4,5)6)55-44-34-45-48(37-53(44)66-56(55)63)62(13,14)31-28-59(45,7)8/h15-27,32-37H,28-31H2,1-14H3/i15D,16D,17D,18D,19D. The highest BCUT2D eigenvalue weighted by atomic mass is 16.3. The quantitative estimate of drug-likeness (QED) is 0.165. The van der Waals surface area contributed by atoms with Crippen molar-refractivity contribution >= 4 is 68.4 Å². The second-order valence-electron chi connectivity index (χ2n) is 24.8. The van der Waals surface area contributed by atoms with Crippen molar-refractivity contribution in [2.45, 2.75) is 155 Å². The van der Waals surface area contributed by atoms with Crippen LogP contribution >= 0.6 is 0 Å². The summed E-state index contributed by atoms with van der Waals surface area (Å²) in [5.41, 5.74) is 17.9. The molecule has 66 heavy (non-hydrogen) atoms. The van der Waals surface area contributed by atoms with E-state index in [9.17, 15) is 2.74 Å². The zero-order valence-corrected chi connectivity index (χ0v) is 41.8. The van der Waals surface area contributed by atoms with E-state index in [0.717, 1.165) is 81.9 Å². The summed E-state index contributed by atoms with van der Waals surface area (Å²) in [4.78, 5) is 4.76. The van der Waals surface area contributed by atoms with Crippen molar-refractivity contribution in [3.8, 4) is 11.1 Å². The lowest BCUT2D eigenvalue weighted by Crippen LogP contribution is -2.61. The van der Waals surface area contributed by atoms with Crippen LogP contribution in [0.2, 0.25) is 0 Å². The Labute approximate surface area is 402 Å². The summed E-state index contributed by atoms with van der Waals surface area (Å²) in [5.74, 6) is 0. The van der Waals surface area contributed by atoms with Gasteiger partial charge in [-0.25, -0.2) is 0 Å². The molecule has 0 atom stereocenters. The maximum atomic E-state index is 9.43. The molecule has 336 valence electrons. The van der Waals surface area contributed by atoms with Gasteiger partial charge in [-0.05, 0) is 168 Å². The molecular formula is C62H69BN2O. The molecule has 0 spiro atoms. The zero-order valence-electron chi connectivity index (χ0n) is 46.8. The molecule has 3 nitrogen and oxygen atoms in total. The lowest BCUT2D eigenvalue weighted by Gasteiger charge is -2.46. The second-order valence-corrected chi connectivity index (χ2v) is 24.8. The van der Waals surface area contributed by atoms with E-state index in [-0.39, 0.29) is 68.9 Å². The molecule has 0 fully saturated rings. The van der Waals surface area contributed by atoms with Crippen molar-refractivity contribution in [3.63, 3.8) is 0 Å². The number of benzene rings is 6. The lowest BCUT2D eigenvalue weighted by molar-refractivity contribution is 0.332. The van der Waals surface area contributed by atoms with Crippen LogP contribution in [-0.4, -0.2) is 6.71 Å². The highest BCUT2D eigenvalue weighted by molar-refractivity contribution is 7.00. The molecule has 7 aromatic rings. The summed E-state index contributed by atoms with van der Waals surface area (Å²) in [5, 5.41) is 1.05. The maximum Gasteiger partial charge on any atom is 0.297 e. The number of fused-ring (bicyclic) bond motifs is 8. The van der Waals surface area contributed by atoms with Gasteiger partial charge < -0.3 is 14.2 Å². The molecule has 2 aliphatic carbocycles. The molecule has 1 aromatic heterocycles. The Morgan fingerprint density at radius 1 is 0.515 bits per heavy atom. The second kappa shape index (κ2) is 14.0. The molecule has 0 amide bonds. The van der Waals surface area contributed by atoms with E-state index < -0.39 is 6.04 Å². The molecule has 2 aliphatic heterocycles. The largest absolute Gasteiger partial charge is 0.468 e. The van der Waals surface area contributed by atoms with Crippen LogP contribution in [0.1, 0.15) is 163 Å². The van der Waals surface area contributed by atoms with Crippen LogP contribution in [-0.2, 0) is 32.5 Å². The number of hydrogen-bond donors (Lipinski definition) is 0. The van der Waals surface area contributed by atoms with Crippen LogP contribution in [0.15, 0.2) is 120 Å². The van der Waals surface area contributed by atoms with E-state index in [2.05, 4.69) is 192 Å². The van der Waals surface area contributed by atoms with Gasteiger partial charge >= 0.3 is 0 Å². The molecule has 0 saturated heterocycles.